The third-order valence-corrected chi connectivity index (χ3v) is 6.68. The highest BCUT2D eigenvalue weighted by molar-refractivity contribution is 8.14. The zero-order chi connectivity index (χ0) is 17.2. The van der Waals surface area contributed by atoms with Crippen molar-refractivity contribution < 1.29 is 12.8 Å². The standard InChI is InChI=1S/C16H14ClFN2O2S2/c17-13-4-6-15(7-5-13)24(21,22)20-9-8-19-16(20)23-11-12-2-1-3-14(18)10-12/h1-7,10H,8-9,11H2. The Labute approximate surface area is 149 Å². The Kier molecular flexibility index (Phi) is 5.12. The van der Waals surface area contributed by atoms with Gasteiger partial charge in [0.1, 0.15) is 5.82 Å². The lowest BCUT2D eigenvalue weighted by molar-refractivity contribution is 0.540. The van der Waals surface area contributed by atoms with Gasteiger partial charge in [-0.3, -0.25) is 4.99 Å². The molecule has 0 aliphatic carbocycles. The van der Waals surface area contributed by atoms with E-state index in [0.29, 0.717) is 29.0 Å². The molecule has 3 rings (SSSR count). The molecule has 0 amide bonds. The van der Waals surface area contributed by atoms with Crippen molar-refractivity contribution in [2.24, 2.45) is 4.99 Å². The lowest BCUT2D eigenvalue weighted by Gasteiger charge is -2.20. The molecule has 24 heavy (non-hydrogen) atoms. The number of benzene rings is 2. The van der Waals surface area contributed by atoms with Crippen LogP contribution in [0, 0.1) is 5.82 Å². The highest BCUT2D eigenvalue weighted by atomic mass is 35.5. The van der Waals surface area contributed by atoms with E-state index >= 15 is 0 Å². The third kappa shape index (κ3) is 3.74. The molecule has 1 aliphatic rings. The highest BCUT2D eigenvalue weighted by Gasteiger charge is 2.30. The minimum absolute atomic E-state index is 0.174. The average molecular weight is 385 g/mol. The number of hydrogen-bond acceptors (Lipinski definition) is 4. The Hall–Kier alpha value is -1.57. The number of halogens is 2. The van der Waals surface area contributed by atoms with Crippen LogP contribution in [0.5, 0.6) is 0 Å². The number of hydrogen-bond donors (Lipinski definition) is 0. The van der Waals surface area contributed by atoms with Crippen molar-refractivity contribution >= 4 is 38.6 Å². The third-order valence-electron chi connectivity index (χ3n) is 3.42. The maximum atomic E-state index is 13.2. The second kappa shape index (κ2) is 7.13. The first-order chi connectivity index (χ1) is 11.5. The topological polar surface area (TPSA) is 49.7 Å². The highest BCUT2D eigenvalue weighted by Crippen LogP contribution is 2.26. The van der Waals surface area contributed by atoms with E-state index in [-0.39, 0.29) is 10.7 Å². The second-order valence-electron chi connectivity index (χ2n) is 5.11. The molecule has 0 radical (unpaired) electrons. The van der Waals surface area contributed by atoms with Gasteiger partial charge in [-0.05, 0) is 42.0 Å². The summed E-state index contributed by atoms with van der Waals surface area (Å²) in [5.74, 6) is 0.135. The summed E-state index contributed by atoms with van der Waals surface area (Å²) in [5.41, 5.74) is 0.776. The van der Waals surface area contributed by atoms with E-state index < -0.39 is 10.0 Å². The van der Waals surface area contributed by atoms with E-state index in [1.165, 1.54) is 40.3 Å². The molecule has 0 aromatic heterocycles. The first kappa shape index (κ1) is 17.3. The van der Waals surface area contributed by atoms with Crippen molar-refractivity contribution in [3.05, 3.63) is 64.9 Å². The van der Waals surface area contributed by atoms with Gasteiger partial charge in [-0.25, -0.2) is 17.1 Å². The molecule has 4 nitrogen and oxygen atoms in total. The molecule has 0 saturated carbocycles. The van der Waals surface area contributed by atoms with Crippen molar-refractivity contribution in [3.8, 4) is 0 Å². The van der Waals surface area contributed by atoms with Crippen molar-refractivity contribution in [1.29, 1.82) is 0 Å². The van der Waals surface area contributed by atoms with Crippen LogP contribution in [0.3, 0.4) is 0 Å². The summed E-state index contributed by atoms with van der Waals surface area (Å²) in [6.45, 7) is 0.717. The number of aliphatic imine (C=N–C) groups is 1. The molecule has 126 valence electrons. The van der Waals surface area contributed by atoms with E-state index in [1.807, 2.05) is 0 Å². The van der Waals surface area contributed by atoms with E-state index in [0.717, 1.165) is 5.56 Å². The quantitative estimate of drug-likeness (QED) is 0.806. The van der Waals surface area contributed by atoms with Crippen molar-refractivity contribution in [3.63, 3.8) is 0 Å². The summed E-state index contributed by atoms with van der Waals surface area (Å²) in [4.78, 5) is 4.44. The Bertz CT molecular complexity index is 870. The second-order valence-corrected chi connectivity index (χ2v) is 8.36. The molecular weight excluding hydrogens is 371 g/mol. The summed E-state index contributed by atoms with van der Waals surface area (Å²) < 4.78 is 40.0. The number of rotatable bonds is 4. The van der Waals surface area contributed by atoms with Crippen molar-refractivity contribution in [2.45, 2.75) is 10.6 Å². The molecule has 0 spiro atoms. The largest absolute Gasteiger partial charge is 0.265 e. The van der Waals surface area contributed by atoms with E-state index in [4.69, 9.17) is 11.6 Å². The van der Waals surface area contributed by atoms with Gasteiger partial charge in [-0.1, -0.05) is 35.5 Å². The van der Waals surface area contributed by atoms with Gasteiger partial charge < -0.3 is 0 Å². The molecule has 8 heteroatoms. The van der Waals surface area contributed by atoms with Crippen LogP contribution in [-0.4, -0.2) is 31.0 Å². The average Bonchev–Trinajstić information content (AvgIpc) is 3.03. The molecular formula is C16H14ClFN2O2S2. The van der Waals surface area contributed by atoms with Crippen LogP contribution in [0.4, 0.5) is 4.39 Å². The maximum absolute atomic E-state index is 13.2. The minimum atomic E-state index is -3.67. The summed E-state index contributed by atoms with van der Waals surface area (Å²) >= 11 is 7.10. The lowest BCUT2D eigenvalue weighted by Crippen LogP contribution is -2.32. The van der Waals surface area contributed by atoms with Gasteiger partial charge in [-0.2, -0.15) is 0 Å². The summed E-state index contributed by atoms with van der Waals surface area (Å²) in [6, 6.07) is 12.3. The van der Waals surface area contributed by atoms with Crippen LogP contribution in [0.1, 0.15) is 5.56 Å². The minimum Gasteiger partial charge on any atom is -0.260 e. The van der Waals surface area contributed by atoms with Gasteiger partial charge in [0.25, 0.3) is 10.0 Å². The summed E-state index contributed by atoms with van der Waals surface area (Å²) in [7, 11) is -3.67. The van der Waals surface area contributed by atoms with Crippen LogP contribution < -0.4 is 0 Å². The molecule has 1 heterocycles. The monoisotopic (exact) mass is 384 g/mol. The first-order valence-corrected chi connectivity index (χ1v) is 9.97. The molecule has 2 aromatic rings. The number of amidine groups is 1. The summed E-state index contributed by atoms with van der Waals surface area (Å²) in [5, 5.41) is 0.902. The van der Waals surface area contributed by atoms with E-state index in [9.17, 15) is 12.8 Å². The molecule has 0 atom stereocenters. The van der Waals surface area contributed by atoms with E-state index in [2.05, 4.69) is 4.99 Å². The Morgan fingerprint density at radius 1 is 1.21 bits per heavy atom. The lowest BCUT2D eigenvalue weighted by atomic mass is 10.2. The fourth-order valence-corrected chi connectivity index (χ4v) is 5.05. The predicted molar refractivity (Wildman–Crippen MR) is 95.3 cm³/mol. The van der Waals surface area contributed by atoms with Crippen LogP contribution in [-0.2, 0) is 15.8 Å². The molecule has 1 aliphatic heterocycles. The van der Waals surface area contributed by atoms with Gasteiger partial charge in [0.15, 0.2) is 5.17 Å². The zero-order valence-electron chi connectivity index (χ0n) is 12.5. The zero-order valence-corrected chi connectivity index (χ0v) is 14.9. The fraction of sp³-hybridized carbons (Fsp3) is 0.188. The Morgan fingerprint density at radius 3 is 2.67 bits per heavy atom. The van der Waals surface area contributed by atoms with Gasteiger partial charge >= 0.3 is 0 Å². The van der Waals surface area contributed by atoms with Gasteiger partial charge in [0, 0.05) is 10.8 Å². The molecule has 0 N–H and O–H groups in total. The molecule has 0 unspecified atom stereocenters. The van der Waals surface area contributed by atoms with Gasteiger partial charge in [-0.15, -0.1) is 0 Å². The van der Waals surface area contributed by atoms with Crippen LogP contribution in [0.15, 0.2) is 58.4 Å². The normalized spacial score (nSPS) is 14.8. The smallest absolute Gasteiger partial charge is 0.260 e. The van der Waals surface area contributed by atoms with Crippen LogP contribution in [0.2, 0.25) is 5.02 Å². The van der Waals surface area contributed by atoms with Crippen LogP contribution >= 0.6 is 23.4 Å². The SMILES string of the molecule is O=S(=O)(c1ccc(Cl)cc1)N1CCN=C1SCc1cccc(F)c1. The number of sulfonamides is 1. The maximum Gasteiger partial charge on any atom is 0.265 e. The Morgan fingerprint density at radius 2 is 1.96 bits per heavy atom. The molecule has 2 aromatic carbocycles. The fourth-order valence-electron chi connectivity index (χ4n) is 2.26. The number of nitrogens with zero attached hydrogens (tertiary/aromatic N) is 2. The van der Waals surface area contributed by atoms with E-state index in [1.54, 1.807) is 24.3 Å². The molecule has 0 fully saturated rings. The Balaban J connectivity index is 1.76. The molecule has 0 saturated heterocycles. The first-order valence-electron chi connectivity index (χ1n) is 7.17. The number of thioether (sulfide) groups is 1. The van der Waals surface area contributed by atoms with Crippen molar-refractivity contribution in [1.82, 2.24) is 4.31 Å². The summed E-state index contributed by atoms with van der Waals surface area (Å²) in [6.07, 6.45) is 0. The van der Waals surface area contributed by atoms with Crippen molar-refractivity contribution in [2.75, 3.05) is 13.1 Å². The molecule has 0 bridgehead atoms. The van der Waals surface area contributed by atoms with Gasteiger partial charge in [0.05, 0.1) is 18.0 Å². The van der Waals surface area contributed by atoms with Crippen LogP contribution in [0.25, 0.3) is 0 Å². The predicted octanol–water partition coefficient (Wildman–Crippen LogP) is 3.77. The van der Waals surface area contributed by atoms with Gasteiger partial charge in [0.2, 0.25) is 0 Å².